The first-order valence-electron chi connectivity index (χ1n) is 9.74. The van der Waals surface area contributed by atoms with E-state index >= 15 is 0 Å². The van der Waals surface area contributed by atoms with E-state index in [9.17, 15) is 19.8 Å². The quantitative estimate of drug-likeness (QED) is 0.483. The Morgan fingerprint density at radius 3 is 1.94 bits per heavy atom. The molecule has 8 nitrogen and oxygen atoms in total. The first kappa shape index (κ1) is 22.6. The summed E-state index contributed by atoms with van der Waals surface area (Å²) in [6, 6.07) is 16.4. The van der Waals surface area contributed by atoms with Crippen LogP contribution < -0.4 is 0 Å². The normalized spacial score (nSPS) is 25.4. The molecule has 0 unspecified atom stereocenters. The predicted molar refractivity (Wildman–Crippen MR) is 109 cm³/mol. The number of aliphatic hydroxyl groups excluding tert-OH is 2. The van der Waals surface area contributed by atoms with E-state index in [-0.39, 0.29) is 17.7 Å². The van der Waals surface area contributed by atoms with Crippen LogP contribution >= 0.6 is 0 Å². The van der Waals surface area contributed by atoms with Crippen LogP contribution in [0.3, 0.4) is 0 Å². The van der Waals surface area contributed by atoms with Crippen LogP contribution in [0.2, 0.25) is 0 Å². The highest BCUT2D eigenvalue weighted by Crippen LogP contribution is 2.28. The second kappa shape index (κ2) is 10.8. The number of carbonyl (C=O) groups excluding carboxylic acids is 2. The first-order chi connectivity index (χ1) is 15.0. The highest BCUT2D eigenvalue weighted by Gasteiger charge is 2.50. The van der Waals surface area contributed by atoms with Gasteiger partial charge in [-0.15, -0.1) is 6.58 Å². The molecule has 1 aliphatic heterocycles. The van der Waals surface area contributed by atoms with Crippen molar-refractivity contribution in [1.29, 1.82) is 0 Å². The fraction of sp³-hybridized carbons (Fsp3) is 0.304. The molecule has 2 aromatic rings. The van der Waals surface area contributed by atoms with Gasteiger partial charge in [0.15, 0.2) is 18.5 Å². The van der Waals surface area contributed by atoms with Gasteiger partial charge < -0.3 is 29.2 Å². The predicted octanol–water partition coefficient (Wildman–Crippen LogP) is 1.72. The zero-order valence-electron chi connectivity index (χ0n) is 16.7. The molecule has 0 aromatic heterocycles. The molecule has 0 saturated carbocycles. The molecule has 164 valence electrons. The Morgan fingerprint density at radius 1 is 0.935 bits per heavy atom. The molecular formula is C23H24O8. The maximum absolute atomic E-state index is 12.6. The van der Waals surface area contributed by atoms with Crippen molar-refractivity contribution in [1.82, 2.24) is 0 Å². The summed E-state index contributed by atoms with van der Waals surface area (Å²) < 4.78 is 22.1. The lowest BCUT2D eigenvalue weighted by Gasteiger charge is -2.42. The fourth-order valence-corrected chi connectivity index (χ4v) is 3.14. The number of hydrogen-bond donors (Lipinski definition) is 2. The Bertz CT molecular complexity index is 870. The van der Waals surface area contributed by atoms with Crippen LogP contribution in [0, 0.1) is 0 Å². The summed E-state index contributed by atoms with van der Waals surface area (Å²) in [7, 11) is 0. The third-order valence-corrected chi connectivity index (χ3v) is 4.68. The first-order valence-corrected chi connectivity index (χ1v) is 9.74. The third kappa shape index (κ3) is 5.56. The summed E-state index contributed by atoms with van der Waals surface area (Å²) in [5.41, 5.74) is 0.522. The monoisotopic (exact) mass is 428 g/mol. The Kier molecular flexibility index (Phi) is 7.91. The molecule has 0 radical (unpaired) electrons. The lowest BCUT2D eigenvalue weighted by molar-refractivity contribution is -0.296. The Hall–Kier alpha value is -3.04. The highest BCUT2D eigenvalue weighted by molar-refractivity contribution is 5.90. The fourth-order valence-electron chi connectivity index (χ4n) is 3.14. The molecule has 0 aliphatic carbocycles. The van der Waals surface area contributed by atoms with Gasteiger partial charge in [-0.05, 0) is 24.3 Å². The number of ether oxygens (including phenoxy) is 4. The van der Waals surface area contributed by atoms with Gasteiger partial charge in [-0.25, -0.2) is 9.59 Å². The van der Waals surface area contributed by atoms with Crippen molar-refractivity contribution in [3.8, 4) is 0 Å². The standard InChI is InChI=1S/C23H24O8/c1-2-13-28-23-20(31-22(27)16-11-7-4-8-12-16)18(25)19(17(14-24)29-23)30-21(26)15-9-5-3-6-10-15/h2-12,17-20,23-25H,1,13-14H2/t17-,18+,19-,20+,23+/m1/s1. The molecule has 2 aromatic carbocycles. The minimum atomic E-state index is -1.51. The average molecular weight is 428 g/mol. The zero-order chi connectivity index (χ0) is 22.2. The highest BCUT2D eigenvalue weighted by atomic mass is 16.7. The Balaban J connectivity index is 1.81. The van der Waals surface area contributed by atoms with Crippen molar-refractivity contribution in [2.24, 2.45) is 0 Å². The maximum Gasteiger partial charge on any atom is 0.338 e. The summed E-state index contributed by atoms with van der Waals surface area (Å²) in [4.78, 5) is 25.1. The number of benzene rings is 2. The minimum absolute atomic E-state index is 0.0450. The molecule has 1 heterocycles. The van der Waals surface area contributed by atoms with E-state index in [0.29, 0.717) is 0 Å². The number of esters is 2. The van der Waals surface area contributed by atoms with Gasteiger partial charge in [-0.3, -0.25) is 0 Å². The lowest BCUT2D eigenvalue weighted by atomic mass is 9.98. The van der Waals surface area contributed by atoms with E-state index in [2.05, 4.69) is 6.58 Å². The summed E-state index contributed by atoms with van der Waals surface area (Å²) >= 11 is 0. The van der Waals surface area contributed by atoms with Gasteiger partial charge in [0.25, 0.3) is 0 Å². The van der Waals surface area contributed by atoms with Crippen LogP contribution in [0.4, 0.5) is 0 Å². The van der Waals surface area contributed by atoms with Crippen LogP contribution in [0.5, 0.6) is 0 Å². The van der Waals surface area contributed by atoms with Crippen LogP contribution in [-0.2, 0) is 18.9 Å². The van der Waals surface area contributed by atoms with Gasteiger partial charge in [0.2, 0.25) is 0 Å². The molecule has 3 rings (SSSR count). The number of hydrogen-bond acceptors (Lipinski definition) is 8. The molecule has 1 aliphatic rings. The number of carbonyl (C=O) groups is 2. The molecular weight excluding hydrogens is 404 g/mol. The number of rotatable bonds is 8. The lowest BCUT2D eigenvalue weighted by Crippen LogP contribution is -2.61. The summed E-state index contributed by atoms with van der Waals surface area (Å²) in [5, 5.41) is 20.7. The van der Waals surface area contributed by atoms with Crippen molar-refractivity contribution in [2.45, 2.75) is 30.7 Å². The SMILES string of the molecule is C=CCO[C@H]1O[C@H](CO)[C@@H](OC(=O)c2ccccc2)[C@H](O)[C@@H]1OC(=O)c1ccccc1. The van der Waals surface area contributed by atoms with Crippen molar-refractivity contribution in [3.05, 3.63) is 84.4 Å². The zero-order valence-corrected chi connectivity index (χ0v) is 16.7. The Morgan fingerprint density at radius 2 is 1.45 bits per heavy atom. The average Bonchev–Trinajstić information content (AvgIpc) is 2.81. The molecule has 0 amide bonds. The molecule has 5 atom stereocenters. The molecule has 2 N–H and O–H groups in total. The largest absolute Gasteiger partial charge is 0.453 e. The van der Waals surface area contributed by atoms with Gasteiger partial charge in [0, 0.05) is 0 Å². The van der Waals surface area contributed by atoms with Crippen molar-refractivity contribution in [3.63, 3.8) is 0 Å². The molecule has 1 fully saturated rings. The summed E-state index contributed by atoms with van der Waals surface area (Å²) in [6.07, 6.45) is -4.96. The molecule has 8 heteroatoms. The van der Waals surface area contributed by atoms with Crippen molar-refractivity contribution < 1.29 is 38.7 Å². The van der Waals surface area contributed by atoms with E-state index in [1.807, 2.05) is 0 Å². The second-order valence-electron chi connectivity index (χ2n) is 6.81. The van der Waals surface area contributed by atoms with Crippen LogP contribution in [0.15, 0.2) is 73.3 Å². The molecule has 31 heavy (non-hydrogen) atoms. The molecule has 0 spiro atoms. The van der Waals surface area contributed by atoms with E-state index < -0.39 is 49.3 Å². The van der Waals surface area contributed by atoms with Crippen LogP contribution in [0.1, 0.15) is 20.7 Å². The van der Waals surface area contributed by atoms with Crippen LogP contribution in [-0.4, -0.2) is 66.1 Å². The van der Waals surface area contributed by atoms with E-state index in [1.54, 1.807) is 60.7 Å². The summed E-state index contributed by atoms with van der Waals surface area (Å²) in [5.74, 6) is -1.43. The smallest absolute Gasteiger partial charge is 0.338 e. The van der Waals surface area contributed by atoms with Gasteiger partial charge >= 0.3 is 11.9 Å². The topological polar surface area (TPSA) is 112 Å². The van der Waals surface area contributed by atoms with Crippen molar-refractivity contribution >= 4 is 11.9 Å². The maximum atomic E-state index is 12.6. The second-order valence-corrected chi connectivity index (χ2v) is 6.81. The minimum Gasteiger partial charge on any atom is -0.453 e. The van der Waals surface area contributed by atoms with Gasteiger partial charge in [-0.2, -0.15) is 0 Å². The van der Waals surface area contributed by atoms with Gasteiger partial charge in [0.1, 0.15) is 12.2 Å². The Labute approximate surface area is 179 Å². The van der Waals surface area contributed by atoms with Crippen molar-refractivity contribution in [2.75, 3.05) is 13.2 Å². The summed E-state index contributed by atoms with van der Waals surface area (Å²) in [6.45, 7) is 3.04. The third-order valence-electron chi connectivity index (χ3n) is 4.68. The van der Waals surface area contributed by atoms with E-state index in [0.717, 1.165) is 0 Å². The van der Waals surface area contributed by atoms with E-state index in [1.165, 1.54) is 6.08 Å². The number of aliphatic hydroxyl groups is 2. The van der Waals surface area contributed by atoms with Crippen LogP contribution in [0.25, 0.3) is 0 Å². The van der Waals surface area contributed by atoms with Gasteiger partial charge in [-0.1, -0.05) is 42.5 Å². The molecule has 0 bridgehead atoms. The van der Waals surface area contributed by atoms with Gasteiger partial charge in [0.05, 0.1) is 24.3 Å². The van der Waals surface area contributed by atoms with E-state index in [4.69, 9.17) is 18.9 Å². The molecule has 1 saturated heterocycles.